The highest BCUT2D eigenvalue weighted by molar-refractivity contribution is 7.07. The molecule has 22 heavy (non-hydrogen) atoms. The summed E-state index contributed by atoms with van der Waals surface area (Å²) in [5.41, 5.74) is 3.39. The Hall–Kier alpha value is -2.14. The molecule has 1 amide bonds. The number of carbonyl (C=O) groups excluding carboxylic acids is 2. The number of benzene rings is 1. The van der Waals surface area contributed by atoms with Crippen LogP contribution in [0.15, 0.2) is 41.1 Å². The van der Waals surface area contributed by atoms with Crippen molar-refractivity contribution in [2.24, 2.45) is 0 Å². The first kappa shape index (κ1) is 14.8. The van der Waals surface area contributed by atoms with Crippen LogP contribution in [0.1, 0.15) is 16.7 Å². The van der Waals surface area contributed by atoms with Crippen molar-refractivity contribution in [3.63, 3.8) is 0 Å². The van der Waals surface area contributed by atoms with Crippen LogP contribution < -0.4 is 0 Å². The zero-order valence-corrected chi connectivity index (χ0v) is 13.0. The number of hydrogen-bond donors (Lipinski definition) is 0. The minimum absolute atomic E-state index is 0.131. The molecule has 0 atom stereocenters. The monoisotopic (exact) mass is 315 g/mol. The number of amides is 1. The maximum atomic E-state index is 12.2. The third-order valence-electron chi connectivity index (χ3n) is 3.77. The SMILES string of the molecule is O=C(Cc1ccsc1)OCC(=O)N1CCc2ccccc2C1. The van der Waals surface area contributed by atoms with Crippen molar-refractivity contribution in [2.75, 3.05) is 13.2 Å². The second kappa shape index (κ2) is 6.75. The van der Waals surface area contributed by atoms with E-state index in [-0.39, 0.29) is 24.9 Å². The molecule has 0 radical (unpaired) electrons. The zero-order chi connectivity index (χ0) is 15.4. The van der Waals surface area contributed by atoms with Crippen LogP contribution in [-0.2, 0) is 33.7 Å². The molecule has 0 N–H and O–H groups in total. The van der Waals surface area contributed by atoms with Gasteiger partial charge in [0.15, 0.2) is 6.61 Å². The van der Waals surface area contributed by atoms with Crippen molar-refractivity contribution in [3.8, 4) is 0 Å². The van der Waals surface area contributed by atoms with Crippen molar-refractivity contribution in [2.45, 2.75) is 19.4 Å². The molecular weight excluding hydrogens is 298 g/mol. The summed E-state index contributed by atoms with van der Waals surface area (Å²) >= 11 is 1.54. The molecule has 1 aromatic heterocycles. The number of fused-ring (bicyclic) bond motifs is 1. The maximum Gasteiger partial charge on any atom is 0.310 e. The van der Waals surface area contributed by atoms with Gasteiger partial charge < -0.3 is 9.64 Å². The second-order valence-corrected chi connectivity index (χ2v) is 6.08. The summed E-state index contributed by atoms with van der Waals surface area (Å²) in [4.78, 5) is 25.6. The van der Waals surface area contributed by atoms with Gasteiger partial charge in [0.05, 0.1) is 6.42 Å². The lowest BCUT2D eigenvalue weighted by atomic mass is 10.00. The Balaban J connectivity index is 1.49. The Morgan fingerprint density at radius 1 is 1.18 bits per heavy atom. The number of rotatable bonds is 4. The fourth-order valence-electron chi connectivity index (χ4n) is 2.55. The number of nitrogens with zero attached hydrogens (tertiary/aromatic N) is 1. The molecule has 5 heteroatoms. The first-order valence-corrected chi connectivity index (χ1v) is 8.18. The van der Waals surface area contributed by atoms with E-state index in [1.54, 1.807) is 4.90 Å². The number of hydrogen-bond acceptors (Lipinski definition) is 4. The molecule has 0 aliphatic carbocycles. The first-order valence-electron chi connectivity index (χ1n) is 7.23. The summed E-state index contributed by atoms with van der Waals surface area (Å²) in [6.07, 6.45) is 1.07. The van der Waals surface area contributed by atoms with Gasteiger partial charge in [0, 0.05) is 13.1 Å². The summed E-state index contributed by atoms with van der Waals surface area (Å²) in [7, 11) is 0. The fourth-order valence-corrected chi connectivity index (χ4v) is 3.22. The molecule has 1 aromatic carbocycles. The van der Waals surface area contributed by atoms with Crippen LogP contribution in [0.25, 0.3) is 0 Å². The molecule has 0 saturated heterocycles. The predicted molar refractivity (Wildman–Crippen MR) is 84.5 cm³/mol. The van der Waals surface area contributed by atoms with E-state index in [2.05, 4.69) is 6.07 Å². The summed E-state index contributed by atoms with van der Waals surface area (Å²) < 4.78 is 5.09. The molecule has 2 aromatic rings. The van der Waals surface area contributed by atoms with Crippen LogP contribution in [0, 0.1) is 0 Å². The highest BCUT2D eigenvalue weighted by Gasteiger charge is 2.21. The smallest absolute Gasteiger partial charge is 0.310 e. The minimum Gasteiger partial charge on any atom is -0.455 e. The molecule has 1 aliphatic heterocycles. The van der Waals surface area contributed by atoms with Gasteiger partial charge in [-0.1, -0.05) is 24.3 Å². The molecular formula is C17H17NO3S. The van der Waals surface area contributed by atoms with Crippen LogP contribution >= 0.6 is 11.3 Å². The summed E-state index contributed by atoms with van der Waals surface area (Å²) in [6.45, 7) is 1.10. The lowest BCUT2D eigenvalue weighted by Gasteiger charge is -2.28. The molecule has 0 unspecified atom stereocenters. The van der Waals surface area contributed by atoms with Gasteiger partial charge in [-0.05, 0) is 39.9 Å². The fraction of sp³-hybridized carbons (Fsp3) is 0.294. The molecule has 2 heterocycles. The van der Waals surface area contributed by atoms with Crippen LogP contribution in [0.2, 0.25) is 0 Å². The van der Waals surface area contributed by atoms with Gasteiger partial charge in [-0.15, -0.1) is 0 Å². The molecule has 0 saturated carbocycles. The van der Waals surface area contributed by atoms with E-state index < -0.39 is 0 Å². The van der Waals surface area contributed by atoms with Crippen molar-refractivity contribution < 1.29 is 14.3 Å². The van der Waals surface area contributed by atoms with Crippen LogP contribution in [0.4, 0.5) is 0 Å². The van der Waals surface area contributed by atoms with Gasteiger partial charge in [0.1, 0.15) is 0 Å². The Bertz CT molecular complexity index is 666. The number of esters is 1. The van der Waals surface area contributed by atoms with Crippen molar-refractivity contribution in [3.05, 3.63) is 57.8 Å². The van der Waals surface area contributed by atoms with Crippen LogP contribution in [-0.4, -0.2) is 29.9 Å². The van der Waals surface area contributed by atoms with E-state index in [1.165, 1.54) is 22.5 Å². The van der Waals surface area contributed by atoms with E-state index in [0.717, 1.165) is 12.0 Å². The molecule has 0 spiro atoms. The Morgan fingerprint density at radius 2 is 2.00 bits per heavy atom. The zero-order valence-electron chi connectivity index (χ0n) is 12.2. The molecule has 1 aliphatic rings. The quantitative estimate of drug-likeness (QED) is 0.814. The van der Waals surface area contributed by atoms with E-state index in [0.29, 0.717) is 13.1 Å². The van der Waals surface area contributed by atoms with E-state index in [9.17, 15) is 9.59 Å². The maximum absolute atomic E-state index is 12.2. The highest BCUT2D eigenvalue weighted by atomic mass is 32.1. The average molecular weight is 315 g/mol. The number of thiophene rings is 1. The molecule has 3 rings (SSSR count). The standard InChI is InChI=1S/C17H17NO3S/c19-16(11-21-17(20)9-13-6-8-22-12-13)18-7-5-14-3-1-2-4-15(14)10-18/h1-4,6,8,12H,5,7,9-11H2. The van der Waals surface area contributed by atoms with E-state index >= 15 is 0 Å². The van der Waals surface area contributed by atoms with Crippen LogP contribution in [0.5, 0.6) is 0 Å². The van der Waals surface area contributed by atoms with Gasteiger partial charge in [-0.25, -0.2) is 0 Å². The molecule has 0 bridgehead atoms. The Kier molecular flexibility index (Phi) is 4.53. The predicted octanol–water partition coefficient (Wildman–Crippen LogP) is 2.42. The van der Waals surface area contributed by atoms with E-state index in [4.69, 9.17) is 4.74 Å². The van der Waals surface area contributed by atoms with Gasteiger partial charge in [-0.3, -0.25) is 9.59 Å². The molecule has 114 valence electrons. The van der Waals surface area contributed by atoms with Gasteiger partial charge >= 0.3 is 5.97 Å². The first-order chi connectivity index (χ1) is 10.7. The third-order valence-corrected chi connectivity index (χ3v) is 4.50. The van der Waals surface area contributed by atoms with Gasteiger partial charge in [-0.2, -0.15) is 11.3 Å². The van der Waals surface area contributed by atoms with Crippen LogP contribution in [0.3, 0.4) is 0 Å². The normalized spacial score (nSPS) is 13.5. The summed E-state index contributed by atoms with van der Waals surface area (Å²) in [6, 6.07) is 10.0. The lowest BCUT2D eigenvalue weighted by Crippen LogP contribution is -2.38. The van der Waals surface area contributed by atoms with Crippen molar-refractivity contribution >= 4 is 23.2 Å². The van der Waals surface area contributed by atoms with Gasteiger partial charge in [0.25, 0.3) is 5.91 Å². The van der Waals surface area contributed by atoms with Crippen molar-refractivity contribution in [1.29, 1.82) is 0 Å². The average Bonchev–Trinajstić information content (AvgIpc) is 3.05. The van der Waals surface area contributed by atoms with Crippen molar-refractivity contribution in [1.82, 2.24) is 4.90 Å². The number of ether oxygens (including phenoxy) is 1. The third kappa shape index (κ3) is 3.54. The summed E-state index contributed by atoms with van der Waals surface area (Å²) in [5, 5.41) is 3.82. The Morgan fingerprint density at radius 3 is 2.77 bits per heavy atom. The Labute approximate surface area is 133 Å². The van der Waals surface area contributed by atoms with E-state index in [1.807, 2.05) is 35.0 Å². The number of carbonyl (C=O) groups is 2. The largest absolute Gasteiger partial charge is 0.455 e. The lowest BCUT2D eigenvalue weighted by molar-refractivity contribution is -0.151. The highest BCUT2D eigenvalue weighted by Crippen LogP contribution is 2.18. The molecule has 0 fully saturated rings. The second-order valence-electron chi connectivity index (χ2n) is 5.30. The minimum atomic E-state index is -0.357. The van der Waals surface area contributed by atoms with Gasteiger partial charge in [0.2, 0.25) is 0 Å². The molecule has 4 nitrogen and oxygen atoms in total. The summed E-state index contributed by atoms with van der Waals surface area (Å²) in [5.74, 6) is -0.489. The topological polar surface area (TPSA) is 46.6 Å².